The first-order valence-electron chi connectivity index (χ1n) is 7.14. The molecular formula is C19H14F4O. The van der Waals surface area contributed by atoms with Gasteiger partial charge in [-0.3, -0.25) is 0 Å². The Labute approximate surface area is 137 Å². The maximum atomic E-state index is 14.0. The van der Waals surface area contributed by atoms with E-state index in [-0.39, 0.29) is 11.3 Å². The van der Waals surface area contributed by atoms with Crippen molar-refractivity contribution in [3.05, 3.63) is 77.6 Å². The van der Waals surface area contributed by atoms with Crippen molar-refractivity contribution in [3.8, 4) is 17.6 Å². The summed E-state index contributed by atoms with van der Waals surface area (Å²) in [5.41, 5.74) is 1.54. The molecule has 24 heavy (non-hydrogen) atoms. The normalized spacial score (nSPS) is 10.7. The van der Waals surface area contributed by atoms with Crippen molar-refractivity contribution in [3.63, 3.8) is 0 Å². The number of hydrogen-bond donors (Lipinski definition) is 0. The van der Waals surface area contributed by atoms with Gasteiger partial charge in [0.25, 0.3) is 0 Å². The average molecular weight is 334 g/mol. The van der Waals surface area contributed by atoms with Crippen LogP contribution in [0.1, 0.15) is 23.1 Å². The molecule has 0 N–H and O–H groups in total. The number of ether oxygens (including phenoxy) is 1. The van der Waals surface area contributed by atoms with E-state index in [1.165, 1.54) is 18.2 Å². The molecule has 2 rings (SSSR count). The number of benzene rings is 2. The number of alkyl halides is 3. The van der Waals surface area contributed by atoms with E-state index in [0.717, 1.165) is 24.1 Å². The van der Waals surface area contributed by atoms with Gasteiger partial charge in [-0.05, 0) is 54.8 Å². The lowest BCUT2D eigenvalue weighted by Gasteiger charge is -2.08. The molecule has 2 aromatic rings. The predicted octanol–water partition coefficient (Wildman–Crippen LogP) is 5.24. The predicted molar refractivity (Wildman–Crippen MR) is 84.0 cm³/mol. The molecule has 0 atom stereocenters. The van der Waals surface area contributed by atoms with Crippen LogP contribution >= 0.6 is 0 Å². The molecule has 0 bridgehead atoms. The molecule has 0 fully saturated rings. The van der Waals surface area contributed by atoms with Gasteiger partial charge in [0.2, 0.25) is 0 Å². The van der Waals surface area contributed by atoms with E-state index in [4.69, 9.17) is 0 Å². The summed E-state index contributed by atoms with van der Waals surface area (Å²) >= 11 is 0. The van der Waals surface area contributed by atoms with Gasteiger partial charge < -0.3 is 4.74 Å². The lowest BCUT2D eigenvalue weighted by atomic mass is 10.1. The van der Waals surface area contributed by atoms with Gasteiger partial charge >= 0.3 is 6.36 Å². The van der Waals surface area contributed by atoms with Gasteiger partial charge in [0.15, 0.2) is 0 Å². The Kier molecular flexibility index (Phi) is 5.64. The van der Waals surface area contributed by atoms with Crippen LogP contribution in [0.4, 0.5) is 17.6 Å². The van der Waals surface area contributed by atoms with Crippen molar-refractivity contribution in [1.29, 1.82) is 0 Å². The summed E-state index contributed by atoms with van der Waals surface area (Å²) in [6, 6.07) is 9.87. The topological polar surface area (TPSA) is 9.23 Å². The molecule has 0 heterocycles. The van der Waals surface area contributed by atoms with Crippen molar-refractivity contribution in [2.75, 3.05) is 0 Å². The molecule has 0 radical (unpaired) electrons. The third-order valence-electron chi connectivity index (χ3n) is 3.10. The molecule has 2 aromatic carbocycles. The van der Waals surface area contributed by atoms with Crippen molar-refractivity contribution in [1.82, 2.24) is 0 Å². The average Bonchev–Trinajstić information content (AvgIpc) is 2.52. The van der Waals surface area contributed by atoms with Crippen molar-refractivity contribution in [2.45, 2.75) is 19.2 Å². The molecule has 0 aliphatic rings. The summed E-state index contributed by atoms with van der Waals surface area (Å²) in [5, 5.41) is 0. The van der Waals surface area contributed by atoms with Gasteiger partial charge in [-0.2, -0.15) is 0 Å². The van der Waals surface area contributed by atoms with Crippen LogP contribution in [0.3, 0.4) is 0 Å². The van der Waals surface area contributed by atoms with E-state index < -0.39 is 12.2 Å². The van der Waals surface area contributed by atoms with Crippen LogP contribution in [-0.2, 0) is 6.42 Å². The maximum absolute atomic E-state index is 14.0. The Morgan fingerprint density at radius 1 is 1.04 bits per heavy atom. The molecule has 0 aliphatic heterocycles. The summed E-state index contributed by atoms with van der Waals surface area (Å²) in [5.74, 6) is 4.63. The minimum absolute atomic E-state index is 0.230. The van der Waals surface area contributed by atoms with E-state index in [9.17, 15) is 17.6 Å². The van der Waals surface area contributed by atoms with Gasteiger partial charge in [0, 0.05) is 5.56 Å². The van der Waals surface area contributed by atoms with Gasteiger partial charge in [-0.1, -0.05) is 24.0 Å². The molecule has 1 nitrogen and oxygen atoms in total. The minimum Gasteiger partial charge on any atom is -0.406 e. The zero-order chi connectivity index (χ0) is 17.6. The molecule has 0 aliphatic carbocycles. The highest BCUT2D eigenvalue weighted by Crippen LogP contribution is 2.22. The molecule has 0 saturated carbocycles. The zero-order valence-electron chi connectivity index (χ0n) is 12.7. The molecule has 0 saturated heterocycles. The lowest BCUT2D eigenvalue weighted by molar-refractivity contribution is -0.274. The van der Waals surface area contributed by atoms with Gasteiger partial charge in [0.05, 0.1) is 5.56 Å². The van der Waals surface area contributed by atoms with Gasteiger partial charge in [-0.15, -0.1) is 19.8 Å². The largest absolute Gasteiger partial charge is 0.573 e. The van der Waals surface area contributed by atoms with Crippen LogP contribution in [-0.4, -0.2) is 6.36 Å². The van der Waals surface area contributed by atoms with Crippen LogP contribution in [0.2, 0.25) is 0 Å². The molecule has 0 spiro atoms. The summed E-state index contributed by atoms with van der Waals surface area (Å²) in [4.78, 5) is 0. The summed E-state index contributed by atoms with van der Waals surface area (Å²) < 4.78 is 53.9. The first kappa shape index (κ1) is 17.6. The second-order valence-corrected chi connectivity index (χ2v) is 4.96. The lowest BCUT2D eigenvalue weighted by Crippen LogP contribution is -2.16. The Hall–Kier alpha value is -2.74. The van der Waals surface area contributed by atoms with Crippen LogP contribution in [0, 0.1) is 17.7 Å². The Balaban J connectivity index is 2.10. The van der Waals surface area contributed by atoms with Crippen molar-refractivity contribution >= 4 is 0 Å². The minimum atomic E-state index is -4.73. The number of hydrogen-bond acceptors (Lipinski definition) is 1. The molecular weight excluding hydrogens is 320 g/mol. The second kappa shape index (κ2) is 7.69. The number of allylic oxidation sites excluding steroid dienone is 1. The molecule has 0 aromatic heterocycles. The maximum Gasteiger partial charge on any atom is 0.573 e. The van der Waals surface area contributed by atoms with Crippen LogP contribution < -0.4 is 4.74 Å². The Morgan fingerprint density at radius 3 is 2.33 bits per heavy atom. The SMILES string of the molecule is C=CCCc1ccc(C#Cc2ccc(OC(F)(F)F)cc2)c(F)c1. The first-order valence-corrected chi connectivity index (χ1v) is 7.14. The van der Waals surface area contributed by atoms with E-state index in [1.54, 1.807) is 18.2 Å². The summed E-state index contributed by atoms with van der Waals surface area (Å²) in [6.07, 6.45) is -1.51. The highest BCUT2D eigenvalue weighted by molar-refractivity contribution is 5.45. The van der Waals surface area contributed by atoms with Crippen LogP contribution in [0.15, 0.2) is 55.1 Å². The van der Waals surface area contributed by atoms with E-state index in [2.05, 4.69) is 23.2 Å². The van der Waals surface area contributed by atoms with Crippen LogP contribution in [0.5, 0.6) is 5.75 Å². The van der Waals surface area contributed by atoms with Gasteiger partial charge in [0.1, 0.15) is 11.6 Å². The van der Waals surface area contributed by atoms with E-state index in [0.29, 0.717) is 12.0 Å². The fourth-order valence-corrected chi connectivity index (χ4v) is 1.96. The first-order chi connectivity index (χ1) is 11.4. The number of aryl methyl sites for hydroxylation is 1. The Morgan fingerprint density at radius 2 is 1.75 bits per heavy atom. The molecule has 5 heteroatoms. The highest BCUT2D eigenvalue weighted by atomic mass is 19.4. The summed E-state index contributed by atoms with van der Waals surface area (Å²) in [6.45, 7) is 3.62. The summed E-state index contributed by atoms with van der Waals surface area (Å²) in [7, 11) is 0. The van der Waals surface area contributed by atoms with E-state index in [1.807, 2.05) is 0 Å². The fraction of sp³-hybridized carbons (Fsp3) is 0.158. The zero-order valence-corrected chi connectivity index (χ0v) is 12.7. The molecule has 0 amide bonds. The highest BCUT2D eigenvalue weighted by Gasteiger charge is 2.30. The second-order valence-electron chi connectivity index (χ2n) is 4.96. The number of halogens is 4. The molecule has 0 unspecified atom stereocenters. The third-order valence-corrected chi connectivity index (χ3v) is 3.10. The van der Waals surface area contributed by atoms with Crippen molar-refractivity contribution in [2.24, 2.45) is 0 Å². The fourth-order valence-electron chi connectivity index (χ4n) is 1.96. The van der Waals surface area contributed by atoms with Crippen LogP contribution in [0.25, 0.3) is 0 Å². The number of rotatable bonds is 4. The smallest absolute Gasteiger partial charge is 0.406 e. The Bertz CT molecular complexity index is 765. The standard InChI is InChI=1S/C19H14F4O/c1-2-3-4-15-6-10-16(18(20)13-15)9-5-14-7-11-17(12-8-14)24-19(21,22)23/h2,6-8,10-13H,1,3-4H2. The quantitative estimate of drug-likeness (QED) is 0.422. The van der Waals surface area contributed by atoms with E-state index >= 15 is 0 Å². The third kappa shape index (κ3) is 5.47. The van der Waals surface area contributed by atoms with Gasteiger partial charge in [-0.25, -0.2) is 4.39 Å². The molecule has 124 valence electrons. The van der Waals surface area contributed by atoms with Crippen molar-refractivity contribution < 1.29 is 22.3 Å². The monoisotopic (exact) mass is 334 g/mol.